The molecule has 5 N–H and O–H groups in total. The molecule has 0 atom stereocenters. The van der Waals surface area contributed by atoms with Crippen molar-refractivity contribution in [1.29, 1.82) is 0 Å². The number of halogens is 1. The Labute approximate surface area is 220 Å². The Morgan fingerprint density at radius 2 is 1.22 bits per heavy atom. The fourth-order valence-electron chi connectivity index (χ4n) is 4.58. The van der Waals surface area contributed by atoms with Crippen LogP contribution in [0.25, 0.3) is 22.5 Å². The van der Waals surface area contributed by atoms with Gasteiger partial charge in [-0.3, -0.25) is 30.0 Å². The van der Waals surface area contributed by atoms with E-state index in [2.05, 4.69) is 36.3 Å². The van der Waals surface area contributed by atoms with Crippen molar-refractivity contribution in [1.82, 2.24) is 20.4 Å². The summed E-state index contributed by atoms with van der Waals surface area (Å²) >= 11 is 3.39. The van der Waals surface area contributed by atoms with Gasteiger partial charge in [0.15, 0.2) is 11.5 Å². The minimum atomic E-state index is -0.816. The minimum Gasteiger partial charge on any atom is -0.503 e. The zero-order valence-corrected chi connectivity index (χ0v) is 22.0. The Balaban J connectivity index is 1.84. The lowest BCUT2D eigenvalue weighted by atomic mass is 9.83. The van der Waals surface area contributed by atoms with Gasteiger partial charge in [0.25, 0.3) is 11.1 Å². The Hall–Kier alpha value is -4.24. The molecule has 37 heavy (non-hydrogen) atoms. The molecule has 188 valence electrons. The quantitative estimate of drug-likeness (QED) is 0.192. The van der Waals surface area contributed by atoms with E-state index in [1.54, 1.807) is 12.1 Å². The Kier molecular flexibility index (Phi) is 6.39. The summed E-state index contributed by atoms with van der Waals surface area (Å²) in [5.74, 6) is -0.682. The number of hydrogen-bond acceptors (Lipinski definition) is 4. The highest BCUT2D eigenvalue weighted by Crippen LogP contribution is 2.43. The van der Waals surface area contributed by atoms with E-state index in [1.807, 2.05) is 62.4 Å². The lowest BCUT2D eigenvalue weighted by Crippen LogP contribution is -2.20. The van der Waals surface area contributed by atoms with E-state index in [0.717, 1.165) is 22.3 Å². The van der Waals surface area contributed by atoms with Crippen LogP contribution in [0.4, 0.5) is 0 Å². The molecule has 5 rings (SSSR count). The molecule has 0 fully saturated rings. The van der Waals surface area contributed by atoms with Crippen LogP contribution in [0.5, 0.6) is 11.5 Å². The number of rotatable bonds is 6. The summed E-state index contributed by atoms with van der Waals surface area (Å²) in [6.07, 6.45) is 0. The van der Waals surface area contributed by atoms with Crippen molar-refractivity contribution in [3.8, 4) is 34.0 Å². The number of phenols is 1. The fourth-order valence-corrected chi connectivity index (χ4v) is 5.04. The minimum absolute atomic E-state index is 0.0755. The maximum atomic E-state index is 13.4. The molecule has 2 aromatic heterocycles. The number of aryl methyl sites for hydroxylation is 2. The summed E-state index contributed by atoms with van der Waals surface area (Å²) in [5, 5.41) is 21.9. The van der Waals surface area contributed by atoms with Gasteiger partial charge >= 0.3 is 0 Å². The first-order valence-electron chi connectivity index (χ1n) is 11.6. The normalized spacial score (nSPS) is 11.3. The zero-order chi connectivity index (χ0) is 26.3. The monoisotopic (exact) mass is 560 g/mol. The second kappa shape index (κ2) is 9.67. The molecule has 0 aliphatic carbocycles. The van der Waals surface area contributed by atoms with Crippen LogP contribution >= 0.6 is 15.9 Å². The Bertz CT molecular complexity index is 1590. The molecule has 3 aromatic carbocycles. The summed E-state index contributed by atoms with van der Waals surface area (Å²) in [5.41, 5.74) is 5.45. The number of aromatic hydroxyl groups is 1. The molecule has 0 bridgehead atoms. The summed E-state index contributed by atoms with van der Waals surface area (Å²) < 4.78 is 5.78. The standard InChI is InChI=1S/C28H25BrN4O4/c1-14-4-8-16(9-5-14)24-22(27(35)32-30-24)21(18-12-19(29)26(34)20(13-18)37-3)23-25(31-33-28(23)36)17-10-6-15(2)7-11-17/h4-13,21,34H,1-3H3,(H2,30,32,35)(H2,31,33,36). The number of nitrogens with one attached hydrogen (secondary N) is 4. The van der Waals surface area contributed by atoms with Crippen molar-refractivity contribution < 1.29 is 9.84 Å². The third-order valence-corrected chi connectivity index (χ3v) is 7.10. The molecular formula is C28H25BrN4O4. The predicted octanol–water partition coefficient (Wildman–Crippen LogP) is 5.33. The van der Waals surface area contributed by atoms with Crippen molar-refractivity contribution in [2.75, 3.05) is 7.11 Å². The first kappa shape index (κ1) is 24.5. The van der Waals surface area contributed by atoms with Gasteiger partial charge in [-0.2, -0.15) is 0 Å². The van der Waals surface area contributed by atoms with Gasteiger partial charge in [0, 0.05) is 5.92 Å². The summed E-state index contributed by atoms with van der Waals surface area (Å²) in [6, 6.07) is 18.9. The third kappa shape index (κ3) is 4.42. The zero-order valence-electron chi connectivity index (χ0n) is 20.4. The molecule has 0 unspecified atom stereocenters. The van der Waals surface area contributed by atoms with Crippen molar-refractivity contribution >= 4 is 15.9 Å². The number of H-pyrrole nitrogens is 4. The first-order valence-corrected chi connectivity index (χ1v) is 12.4. The summed E-state index contributed by atoms with van der Waals surface area (Å²) in [7, 11) is 1.45. The fraction of sp³-hybridized carbons (Fsp3) is 0.143. The molecule has 0 aliphatic rings. The average molecular weight is 561 g/mol. The van der Waals surface area contributed by atoms with E-state index in [1.165, 1.54) is 7.11 Å². The Morgan fingerprint density at radius 3 is 1.65 bits per heavy atom. The molecule has 5 aromatic rings. The van der Waals surface area contributed by atoms with Gasteiger partial charge in [0.05, 0.1) is 34.1 Å². The number of ether oxygens (including phenoxy) is 1. The largest absolute Gasteiger partial charge is 0.503 e. The van der Waals surface area contributed by atoms with Gasteiger partial charge in [0.2, 0.25) is 0 Å². The van der Waals surface area contributed by atoms with E-state index in [0.29, 0.717) is 32.6 Å². The van der Waals surface area contributed by atoms with Crippen LogP contribution in [-0.2, 0) is 0 Å². The molecule has 0 aliphatic heterocycles. The van der Waals surface area contributed by atoms with E-state index in [-0.39, 0.29) is 22.6 Å². The van der Waals surface area contributed by atoms with Gasteiger partial charge in [-0.25, -0.2) is 0 Å². The topological polar surface area (TPSA) is 127 Å². The van der Waals surface area contributed by atoms with Gasteiger partial charge in [0.1, 0.15) is 0 Å². The van der Waals surface area contributed by atoms with E-state index in [4.69, 9.17) is 4.74 Å². The number of aromatic amines is 4. The van der Waals surface area contributed by atoms with Crippen LogP contribution < -0.4 is 15.9 Å². The lowest BCUT2D eigenvalue weighted by Gasteiger charge is -2.19. The van der Waals surface area contributed by atoms with Gasteiger partial charge in [-0.15, -0.1) is 0 Å². The van der Waals surface area contributed by atoms with Crippen LogP contribution in [0, 0.1) is 13.8 Å². The summed E-state index contributed by atoms with van der Waals surface area (Å²) in [4.78, 5) is 26.8. The molecule has 0 saturated heterocycles. The van der Waals surface area contributed by atoms with Crippen molar-refractivity contribution in [3.05, 3.63) is 114 Å². The smallest absolute Gasteiger partial charge is 0.268 e. The molecule has 0 saturated carbocycles. The molecule has 8 nitrogen and oxygen atoms in total. The lowest BCUT2D eigenvalue weighted by molar-refractivity contribution is 0.371. The second-order valence-corrected chi connectivity index (χ2v) is 9.81. The Morgan fingerprint density at radius 1 is 0.757 bits per heavy atom. The van der Waals surface area contributed by atoms with Gasteiger partial charge < -0.3 is 9.84 Å². The highest BCUT2D eigenvalue weighted by molar-refractivity contribution is 9.10. The highest BCUT2D eigenvalue weighted by Gasteiger charge is 2.32. The van der Waals surface area contributed by atoms with Gasteiger partial charge in [-0.1, -0.05) is 59.7 Å². The van der Waals surface area contributed by atoms with Crippen LogP contribution in [0.2, 0.25) is 0 Å². The number of phenolic OH excluding ortho intramolecular Hbond substituents is 1. The number of methoxy groups -OCH3 is 1. The van der Waals surface area contributed by atoms with Crippen LogP contribution in [-0.4, -0.2) is 32.6 Å². The van der Waals surface area contributed by atoms with E-state index >= 15 is 0 Å². The first-order chi connectivity index (χ1) is 17.8. The maximum Gasteiger partial charge on any atom is 0.268 e. The molecule has 0 amide bonds. The predicted molar refractivity (Wildman–Crippen MR) is 146 cm³/mol. The highest BCUT2D eigenvalue weighted by atomic mass is 79.9. The number of benzene rings is 3. The van der Waals surface area contributed by atoms with E-state index in [9.17, 15) is 14.7 Å². The van der Waals surface area contributed by atoms with Crippen molar-refractivity contribution in [2.24, 2.45) is 0 Å². The number of aromatic nitrogens is 4. The molecular weight excluding hydrogens is 536 g/mol. The molecule has 0 radical (unpaired) electrons. The van der Waals surface area contributed by atoms with E-state index < -0.39 is 5.92 Å². The van der Waals surface area contributed by atoms with Crippen LogP contribution in [0.1, 0.15) is 33.7 Å². The molecule has 2 heterocycles. The van der Waals surface area contributed by atoms with Crippen molar-refractivity contribution in [3.63, 3.8) is 0 Å². The number of hydrogen-bond donors (Lipinski definition) is 5. The van der Waals surface area contributed by atoms with Crippen molar-refractivity contribution in [2.45, 2.75) is 19.8 Å². The second-order valence-electron chi connectivity index (χ2n) is 8.95. The third-order valence-electron chi connectivity index (χ3n) is 6.49. The summed E-state index contributed by atoms with van der Waals surface area (Å²) in [6.45, 7) is 3.97. The average Bonchev–Trinajstić information content (AvgIpc) is 3.45. The molecule has 9 heteroatoms. The maximum absolute atomic E-state index is 13.4. The SMILES string of the molecule is COc1cc(C(c2c(-c3ccc(C)cc3)[nH][nH]c2=O)c2c(-c3ccc(C)cc3)[nH][nH]c2=O)cc(Br)c1O. The van der Waals surface area contributed by atoms with Crippen LogP contribution in [0.3, 0.4) is 0 Å². The van der Waals surface area contributed by atoms with Crippen LogP contribution in [0.15, 0.2) is 74.7 Å². The molecule has 0 spiro atoms. The van der Waals surface area contributed by atoms with Gasteiger partial charge in [-0.05, 0) is 58.6 Å².